The van der Waals surface area contributed by atoms with Gasteiger partial charge in [-0.3, -0.25) is 4.98 Å². The summed E-state index contributed by atoms with van der Waals surface area (Å²) in [7, 11) is 4.66. The summed E-state index contributed by atoms with van der Waals surface area (Å²) in [6, 6.07) is 12.7. The molecule has 18 nitrogen and oxygen atoms in total. The fourth-order valence-electron chi connectivity index (χ4n) is 14.8. The average Bonchev–Trinajstić information content (AvgIpc) is 3.66. The molecule has 0 spiro atoms. The van der Waals surface area contributed by atoms with Gasteiger partial charge in [0.25, 0.3) is 0 Å². The molecule has 0 bridgehead atoms. The molecule has 416 valence electrons. The molecule has 4 N–H and O–H groups in total. The maximum atomic E-state index is 13.9. The van der Waals surface area contributed by atoms with Crippen molar-refractivity contribution in [1.29, 1.82) is 0 Å². The minimum atomic E-state index is -1.74. The second-order valence-corrected chi connectivity index (χ2v) is 22.9. The Morgan fingerprint density at radius 3 is 2.07 bits per heavy atom. The predicted molar refractivity (Wildman–Crippen MR) is 269 cm³/mol. The molecule has 0 radical (unpaired) electrons. The molecule has 4 aliphatic carbocycles. The Morgan fingerprint density at radius 1 is 0.733 bits per heavy atom. The minimum absolute atomic E-state index is 0.0549. The highest BCUT2D eigenvalue weighted by Gasteiger charge is 2.77. The van der Waals surface area contributed by atoms with Crippen molar-refractivity contribution in [1.82, 2.24) is 4.98 Å². The zero-order chi connectivity index (χ0) is 53.6. The zero-order valence-electron chi connectivity index (χ0n) is 44.9. The van der Waals surface area contributed by atoms with E-state index in [2.05, 4.69) is 11.9 Å². The summed E-state index contributed by atoms with van der Waals surface area (Å²) < 4.78 is 68.3. The lowest BCUT2D eigenvalue weighted by Crippen LogP contribution is -2.72. The lowest BCUT2D eigenvalue weighted by atomic mass is 9.42. The Kier molecular flexibility index (Phi) is 17.0. The van der Waals surface area contributed by atoms with E-state index in [0.29, 0.717) is 25.7 Å². The van der Waals surface area contributed by atoms with Gasteiger partial charge in [0, 0.05) is 52.6 Å². The molecule has 18 heteroatoms. The molecule has 3 saturated heterocycles. The number of esters is 2. The molecule has 75 heavy (non-hydrogen) atoms. The van der Waals surface area contributed by atoms with Crippen LogP contribution in [0.25, 0.3) is 6.08 Å². The van der Waals surface area contributed by atoms with Crippen LogP contribution in [0.2, 0.25) is 0 Å². The number of aliphatic hydroxyl groups is 4. The quantitative estimate of drug-likeness (QED) is 0.0954. The lowest BCUT2D eigenvalue weighted by Gasteiger charge is -2.66. The second kappa shape index (κ2) is 22.7. The van der Waals surface area contributed by atoms with Crippen molar-refractivity contribution >= 4 is 18.0 Å². The summed E-state index contributed by atoms with van der Waals surface area (Å²) in [5.74, 6) is -1.27. The van der Waals surface area contributed by atoms with Gasteiger partial charge in [0.05, 0.1) is 53.2 Å². The molecule has 0 unspecified atom stereocenters. The predicted octanol–water partition coefficient (Wildman–Crippen LogP) is 5.69. The van der Waals surface area contributed by atoms with Crippen LogP contribution in [0.5, 0.6) is 0 Å². The van der Waals surface area contributed by atoms with Crippen LogP contribution in [0.15, 0.2) is 60.9 Å². The second-order valence-electron chi connectivity index (χ2n) is 22.9. The minimum Gasteiger partial charge on any atom is -0.458 e. The first-order chi connectivity index (χ1) is 35.8. The SMILES string of the molecule is CO[C@@H]1[C@@H](O)[C@H](O[C@H]2[C@@H](OC)C[C@H](O[C@H]3[C@@H](OC)C[C@H](O[C@H]4CC[C@@]5(C)[C@@H](CC[C@@H]6[C@@H]5C[C@@H](OC(=O)/C=C/c5ccccc5)[C@]5(C)[C@](O)([C@H](C)OC(=O)c7cccnc7)CC[C@]65O)C4)O[C@@H]3C)O[C@@H]2C)O[C@H](C)[C@H]1O. The van der Waals surface area contributed by atoms with Gasteiger partial charge in [-0.05, 0) is 126 Å². The number of methoxy groups -OCH3 is 3. The number of nitrogens with zero attached hydrogens (tertiary/aromatic N) is 1. The molecule has 1 aromatic heterocycles. The molecule has 1 aromatic carbocycles. The zero-order valence-corrected chi connectivity index (χ0v) is 44.9. The number of carbonyl (C=O) groups excluding carboxylic acids is 2. The largest absolute Gasteiger partial charge is 0.458 e. The van der Waals surface area contributed by atoms with Gasteiger partial charge in [-0.25, -0.2) is 9.59 Å². The third-order valence-electron chi connectivity index (χ3n) is 19.2. The van der Waals surface area contributed by atoms with Gasteiger partial charge in [-0.15, -0.1) is 0 Å². The highest BCUT2D eigenvalue weighted by Crippen LogP contribution is 2.71. The average molecular weight is 1050 g/mol. The Morgan fingerprint density at radius 2 is 1.41 bits per heavy atom. The Balaban J connectivity index is 0.855. The van der Waals surface area contributed by atoms with Crippen LogP contribution in [-0.4, -0.2) is 168 Å². The van der Waals surface area contributed by atoms with Crippen molar-refractivity contribution in [2.45, 2.75) is 215 Å². The molecular formula is C57H81NO17. The van der Waals surface area contributed by atoms with Crippen LogP contribution in [0.4, 0.5) is 0 Å². The molecule has 23 atom stereocenters. The number of pyridine rings is 1. The molecule has 0 amide bonds. The number of rotatable bonds is 15. The van der Waals surface area contributed by atoms with Crippen molar-refractivity contribution < 1.29 is 82.1 Å². The fraction of sp³-hybridized carbons (Fsp3) is 0.737. The van der Waals surface area contributed by atoms with E-state index in [4.69, 9.17) is 52.1 Å². The third-order valence-corrected chi connectivity index (χ3v) is 19.2. The van der Waals surface area contributed by atoms with Gasteiger partial charge in [-0.2, -0.15) is 0 Å². The molecule has 4 heterocycles. The highest BCUT2D eigenvalue weighted by atomic mass is 16.8. The van der Waals surface area contributed by atoms with Gasteiger partial charge in [0.2, 0.25) is 0 Å². The smallest absolute Gasteiger partial charge is 0.340 e. The summed E-state index contributed by atoms with van der Waals surface area (Å²) in [6.45, 7) is 11.3. The molecular weight excluding hydrogens is 971 g/mol. The molecule has 9 rings (SSSR count). The number of carbonyl (C=O) groups is 2. The van der Waals surface area contributed by atoms with E-state index >= 15 is 0 Å². The van der Waals surface area contributed by atoms with E-state index in [9.17, 15) is 30.0 Å². The van der Waals surface area contributed by atoms with Crippen LogP contribution >= 0.6 is 0 Å². The van der Waals surface area contributed by atoms with E-state index in [-0.39, 0.29) is 53.8 Å². The highest BCUT2D eigenvalue weighted by molar-refractivity contribution is 5.89. The van der Waals surface area contributed by atoms with Crippen LogP contribution in [0.3, 0.4) is 0 Å². The normalized spacial score (nSPS) is 45.2. The standard InChI is InChI=1S/C57H81NO17/c1-31-47(60)51(67-9)48(61)53(70-31)75-50-33(3)69-46(29-42(50)66-8)74-49-32(2)68-45(28-41(49)65-7)72-38-21-22-54(5)37(26-38)18-19-39-40(54)27-43(73-44(59)20-17-35-14-11-10-12-15-35)55(6)56(63,23-24-57(39,55)64)34(4)71-52(62)36-16-13-25-58-30-36/h10-17,20,25,30-34,37-43,45-51,53,60-61,63-64H,18-19,21-24,26-29H2,1-9H3/b20-17+/t31-,32-,33-,34+,37+,38+,39-,40+,41+,42+,43-,45+,46+,47-,48-,49-,50-,51+,53+,54+,55-,56-,57+/m1/s1. The van der Waals surface area contributed by atoms with Gasteiger partial charge in [0.1, 0.15) is 48.3 Å². The fourth-order valence-corrected chi connectivity index (χ4v) is 14.8. The number of hydrogen-bond donors (Lipinski definition) is 4. The summed E-state index contributed by atoms with van der Waals surface area (Å²) in [5.41, 5.74) is -3.79. The maximum absolute atomic E-state index is 13.9. The topological polar surface area (TPSA) is 229 Å². The molecule has 7 fully saturated rings. The van der Waals surface area contributed by atoms with Gasteiger partial charge < -0.3 is 72.5 Å². The molecule has 3 aliphatic heterocycles. The van der Waals surface area contributed by atoms with E-state index < -0.39 is 115 Å². The number of hydrogen-bond acceptors (Lipinski definition) is 18. The van der Waals surface area contributed by atoms with E-state index in [1.165, 1.54) is 19.4 Å². The van der Waals surface area contributed by atoms with Crippen molar-refractivity contribution in [3.8, 4) is 0 Å². The van der Waals surface area contributed by atoms with Crippen molar-refractivity contribution in [3.63, 3.8) is 0 Å². The van der Waals surface area contributed by atoms with Crippen LogP contribution in [0, 0.1) is 28.6 Å². The third kappa shape index (κ3) is 10.5. The first kappa shape index (κ1) is 56.3. The first-order valence-electron chi connectivity index (χ1n) is 27.1. The number of ether oxygens (including phenoxy) is 11. The van der Waals surface area contributed by atoms with Crippen LogP contribution in [-0.2, 0) is 56.9 Å². The van der Waals surface area contributed by atoms with Gasteiger partial charge in [0.15, 0.2) is 18.9 Å². The van der Waals surface area contributed by atoms with Crippen molar-refractivity contribution in [2.24, 2.45) is 28.6 Å². The van der Waals surface area contributed by atoms with E-state index in [1.54, 1.807) is 52.5 Å². The van der Waals surface area contributed by atoms with E-state index in [1.807, 2.05) is 51.1 Å². The van der Waals surface area contributed by atoms with Crippen molar-refractivity contribution in [2.75, 3.05) is 21.3 Å². The monoisotopic (exact) mass is 1050 g/mol. The Bertz CT molecular complexity index is 2280. The van der Waals surface area contributed by atoms with E-state index in [0.717, 1.165) is 31.2 Å². The Labute approximate surface area is 441 Å². The van der Waals surface area contributed by atoms with Gasteiger partial charge >= 0.3 is 11.9 Å². The summed E-state index contributed by atoms with van der Waals surface area (Å²) in [6.07, 6.45) is 0.354. The van der Waals surface area contributed by atoms with Crippen LogP contribution in [0.1, 0.15) is 122 Å². The number of aliphatic hydroxyl groups excluding tert-OH is 2. The van der Waals surface area contributed by atoms with Gasteiger partial charge in [-0.1, -0.05) is 44.2 Å². The number of fused-ring (bicyclic) bond motifs is 5. The molecule has 7 aliphatic rings. The number of benzene rings is 1. The first-order valence-corrected chi connectivity index (χ1v) is 27.1. The summed E-state index contributed by atoms with van der Waals surface area (Å²) in [4.78, 5) is 31.4. The summed E-state index contributed by atoms with van der Waals surface area (Å²) in [5, 5.41) is 47.8. The Hall–Kier alpha value is -3.47. The van der Waals surface area contributed by atoms with Crippen LogP contribution < -0.4 is 0 Å². The lowest BCUT2D eigenvalue weighted by molar-refractivity contribution is -0.352. The molecule has 4 saturated carbocycles. The maximum Gasteiger partial charge on any atom is 0.340 e. The molecule has 2 aromatic rings. The van der Waals surface area contributed by atoms with Crippen molar-refractivity contribution in [3.05, 3.63) is 72.1 Å². The summed E-state index contributed by atoms with van der Waals surface area (Å²) >= 11 is 0. The number of aromatic nitrogens is 1.